The zero-order valence-electron chi connectivity index (χ0n) is 15.3. The molecular formula is C21H21N3O3S. The van der Waals surface area contributed by atoms with Crippen LogP contribution in [0, 0.1) is 0 Å². The van der Waals surface area contributed by atoms with Gasteiger partial charge < -0.3 is 10.1 Å². The summed E-state index contributed by atoms with van der Waals surface area (Å²) >= 11 is 1.45. The molecule has 1 aliphatic rings. The maximum Gasteiger partial charge on any atom is 0.268 e. The minimum absolute atomic E-state index is 0.134. The van der Waals surface area contributed by atoms with Crippen molar-refractivity contribution in [2.24, 2.45) is 5.84 Å². The largest absolute Gasteiger partial charge is 0.484 e. The van der Waals surface area contributed by atoms with E-state index in [1.807, 2.05) is 42.5 Å². The average Bonchev–Trinajstić information content (AvgIpc) is 3.09. The number of ether oxygens (including phenoxy) is 1. The Labute approximate surface area is 166 Å². The highest BCUT2D eigenvalue weighted by molar-refractivity contribution is 7.17. The highest BCUT2D eigenvalue weighted by Crippen LogP contribution is 2.38. The third-order valence-electron chi connectivity index (χ3n) is 4.87. The highest BCUT2D eigenvalue weighted by atomic mass is 32.1. The number of thiophene rings is 1. The smallest absolute Gasteiger partial charge is 0.268 e. The van der Waals surface area contributed by atoms with Gasteiger partial charge in [0.1, 0.15) is 10.8 Å². The van der Waals surface area contributed by atoms with Gasteiger partial charge in [-0.1, -0.05) is 30.3 Å². The lowest BCUT2D eigenvalue weighted by atomic mass is 9.95. The number of anilines is 1. The van der Waals surface area contributed by atoms with Gasteiger partial charge in [-0.3, -0.25) is 15.0 Å². The van der Waals surface area contributed by atoms with Crippen LogP contribution in [0.2, 0.25) is 0 Å². The van der Waals surface area contributed by atoms with Crippen LogP contribution < -0.4 is 21.3 Å². The van der Waals surface area contributed by atoms with Crippen molar-refractivity contribution < 1.29 is 14.3 Å². The van der Waals surface area contributed by atoms with Gasteiger partial charge in [-0.15, -0.1) is 11.3 Å². The van der Waals surface area contributed by atoms with Crippen LogP contribution in [0.3, 0.4) is 0 Å². The van der Waals surface area contributed by atoms with E-state index >= 15 is 0 Å². The van der Waals surface area contributed by atoms with E-state index in [4.69, 9.17) is 10.6 Å². The van der Waals surface area contributed by atoms with E-state index in [0.29, 0.717) is 16.3 Å². The van der Waals surface area contributed by atoms with E-state index in [2.05, 4.69) is 10.7 Å². The molecule has 0 fully saturated rings. The second-order valence-corrected chi connectivity index (χ2v) is 7.84. The van der Waals surface area contributed by atoms with Crippen molar-refractivity contribution in [3.63, 3.8) is 0 Å². The summed E-state index contributed by atoms with van der Waals surface area (Å²) in [5.41, 5.74) is 3.68. The number of nitrogen functional groups attached to an aromatic ring is 1. The summed E-state index contributed by atoms with van der Waals surface area (Å²) in [6, 6.07) is 13.7. The summed E-state index contributed by atoms with van der Waals surface area (Å²) in [5, 5.41) is 5.53. The van der Waals surface area contributed by atoms with Crippen LogP contribution in [0.5, 0.6) is 5.75 Å². The molecule has 0 bridgehead atoms. The molecule has 1 aliphatic carbocycles. The third kappa shape index (κ3) is 3.72. The Morgan fingerprint density at radius 2 is 1.86 bits per heavy atom. The molecule has 28 heavy (non-hydrogen) atoms. The van der Waals surface area contributed by atoms with E-state index < -0.39 is 0 Å². The molecular weight excluding hydrogens is 374 g/mol. The average molecular weight is 395 g/mol. The van der Waals surface area contributed by atoms with Crippen molar-refractivity contribution in [2.45, 2.75) is 25.7 Å². The fourth-order valence-corrected chi connectivity index (χ4v) is 4.84. The zero-order chi connectivity index (χ0) is 19.5. The van der Waals surface area contributed by atoms with Gasteiger partial charge in [-0.2, -0.15) is 0 Å². The number of nitrogens with one attached hydrogen (secondary N) is 2. The highest BCUT2D eigenvalue weighted by Gasteiger charge is 2.26. The predicted molar refractivity (Wildman–Crippen MR) is 111 cm³/mol. The second kappa shape index (κ2) is 8.00. The molecule has 1 heterocycles. The number of hydrogen-bond acceptors (Lipinski definition) is 5. The second-order valence-electron chi connectivity index (χ2n) is 6.73. The van der Waals surface area contributed by atoms with E-state index in [1.165, 1.54) is 11.3 Å². The molecule has 0 unspecified atom stereocenters. The summed E-state index contributed by atoms with van der Waals surface area (Å²) < 4.78 is 5.64. The molecule has 0 atom stereocenters. The zero-order valence-corrected chi connectivity index (χ0v) is 16.1. The quantitative estimate of drug-likeness (QED) is 0.351. The molecule has 2 amide bonds. The molecule has 1 aromatic heterocycles. The topological polar surface area (TPSA) is 93.5 Å². The summed E-state index contributed by atoms with van der Waals surface area (Å²) in [5.74, 6) is 5.29. The predicted octanol–water partition coefficient (Wildman–Crippen LogP) is 3.40. The van der Waals surface area contributed by atoms with Crippen LogP contribution in [-0.4, -0.2) is 18.4 Å². The molecule has 0 radical (unpaired) electrons. The van der Waals surface area contributed by atoms with Gasteiger partial charge in [-0.05, 0) is 54.2 Å². The number of carbonyl (C=O) groups is 2. The molecule has 4 rings (SSSR count). The molecule has 6 nitrogen and oxygen atoms in total. The molecule has 0 aliphatic heterocycles. The number of aryl methyl sites for hydroxylation is 1. The van der Waals surface area contributed by atoms with Gasteiger partial charge >= 0.3 is 0 Å². The Bertz CT molecular complexity index is 1040. The van der Waals surface area contributed by atoms with Gasteiger partial charge in [0.15, 0.2) is 6.61 Å². The Kier molecular flexibility index (Phi) is 5.27. The third-order valence-corrected chi connectivity index (χ3v) is 6.08. The summed E-state index contributed by atoms with van der Waals surface area (Å²) in [7, 11) is 0. The number of carbonyl (C=O) groups excluding carboxylic acids is 2. The first kappa shape index (κ1) is 18.5. The number of hydrogen-bond donors (Lipinski definition) is 3. The molecule has 0 saturated carbocycles. The normalized spacial score (nSPS) is 13.0. The molecule has 144 valence electrons. The Morgan fingerprint density at radius 3 is 2.68 bits per heavy atom. The van der Waals surface area contributed by atoms with E-state index in [0.717, 1.165) is 46.9 Å². The lowest BCUT2D eigenvalue weighted by Gasteiger charge is -2.12. The SMILES string of the molecule is NNC(=O)c1c(NC(=O)COc2ccc3ccccc3c2)sc2c1CCCC2. The Morgan fingerprint density at radius 1 is 1.07 bits per heavy atom. The summed E-state index contributed by atoms with van der Waals surface area (Å²) in [6.07, 6.45) is 3.88. The minimum atomic E-state index is -0.370. The minimum Gasteiger partial charge on any atom is -0.484 e. The van der Waals surface area contributed by atoms with Crippen molar-refractivity contribution >= 4 is 38.9 Å². The number of rotatable bonds is 5. The Hall–Kier alpha value is -2.90. The van der Waals surface area contributed by atoms with Crippen molar-refractivity contribution in [3.05, 3.63) is 58.5 Å². The fourth-order valence-electron chi connectivity index (χ4n) is 3.54. The van der Waals surface area contributed by atoms with Gasteiger partial charge in [0, 0.05) is 4.88 Å². The van der Waals surface area contributed by atoms with E-state index in [-0.39, 0.29) is 18.4 Å². The Balaban J connectivity index is 1.47. The van der Waals surface area contributed by atoms with Crippen LogP contribution in [0.4, 0.5) is 5.00 Å². The molecule has 2 aromatic carbocycles. The monoisotopic (exact) mass is 395 g/mol. The molecule has 0 spiro atoms. The van der Waals surface area contributed by atoms with Crippen molar-refractivity contribution in [2.75, 3.05) is 11.9 Å². The van der Waals surface area contributed by atoms with Gasteiger partial charge in [0.05, 0.1) is 5.56 Å². The van der Waals surface area contributed by atoms with Crippen molar-refractivity contribution in [1.29, 1.82) is 0 Å². The standard InChI is InChI=1S/C21H21N3O3S/c22-24-20(26)19-16-7-3-4-8-17(16)28-21(19)23-18(25)12-27-15-10-9-13-5-1-2-6-14(13)11-15/h1-2,5-6,9-11H,3-4,7-8,12,22H2,(H,23,25)(H,24,26). The van der Waals surface area contributed by atoms with Crippen LogP contribution in [0.25, 0.3) is 10.8 Å². The van der Waals surface area contributed by atoms with Crippen LogP contribution >= 0.6 is 11.3 Å². The maximum absolute atomic E-state index is 12.4. The molecule has 3 aromatic rings. The number of hydrazine groups is 1. The maximum atomic E-state index is 12.4. The lowest BCUT2D eigenvalue weighted by Crippen LogP contribution is -2.31. The fraction of sp³-hybridized carbons (Fsp3) is 0.238. The van der Waals surface area contributed by atoms with Gasteiger partial charge in [-0.25, -0.2) is 5.84 Å². The summed E-state index contributed by atoms with van der Waals surface area (Å²) in [6.45, 7) is -0.134. The van der Waals surface area contributed by atoms with Crippen LogP contribution in [-0.2, 0) is 17.6 Å². The first-order valence-corrected chi connectivity index (χ1v) is 10.0. The number of amides is 2. The molecule has 0 saturated heterocycles. The number of benzene rings is 2. The lowest BCUT2D eigenvalue weighted by molar-refractivity contribution is -0.118. The van der Waals surface area contributed by atoms with Gasteiger partial charge in [0.2, 0.25) is 0 Å². The number of fused-ring (bicyclic) bond motifs is 2. The van der Waals surface area contributed by atoms with E-state index in [1.54, 1.807) is 0 Å². The number of nitrogens with two attached hydrogens (primary N) is 1. The molecule has 4 N–H and O–H groups in total. The van der Waals surface area contributed by atoms with Crippen molar-refractivity contribution in [3.8, 4) is 5.75 Å². The van der Waals surface area contributed by atoms with E-state index in [9.17, 15) is 9.59 Å². The first-order valence-electron chi connectivity index (χ1n) is 9.22. The first-order chi connectivity index (χ1) is 13.7. The van der Waals surface area contributed by atoms with Crippen LogP contribution in [0.15, 0.2) is 42.5 Å². The molecule has 7 heteroatoms. The van der Waals surface area contributed by atoms with Crippen LogP contribution in [0.1, 0.15) is 33.6 Å². The van der Waals surface area contributed by atoms with Gasteiger partial charge in [0.25, 0.3) is 11.8 Å². The summed E-state index contributed by atoms with van der Waals surface area (Å²) in [4.78, 5) is 25.8. The van der Waals surface area contributed by atoms with Crippen molar-refractivity contribution in [1.82, 2.24) is 5.43 Å².